The number of hydrogen-bond donors (Lipinski definition) is 9. The van der Waals surface area contributed by atoms with Gasteiger partial charge in [0.15, 0.2) is 5.96 Å². The first-order valence-corrected chi connectivity index (χ1v) is 9.23. The normalized spacial score (nSPS) is 14.3. The second kappa shape index (κ2) is 13.7. The van der Waals surface area contributed by atoms with E-state index in [2.05, 4.69) is 20.9 Å². The fourth-order valence-corrected chi connectivity index (χ4v) is 2.18. The zero-order valence-electron chi connectivity index (χ0n) is 17.0. The summed E-state index contributed by atoms with van der Waals surface area (Å²) in [6.07, 6.45) is -0.0699. The van der Waals surface area contributed by atoms with Crippen LogP contribution in [0.1, 0.15) is 26.2 Å². The summed E-state index contributed by atoms with van der Waals surface area (Å²) < 4.78 is 0. The molecule has 4 atom stereocenters. The molecule has 176 valence electrons. The number of primary amides is 1. The zero-order valence-corrected chi connectivity index (χ0v) is 17.0. The van der Waals surface area contributed by atoms with Crippen molar-refractivity contribution in [2.45, 2.75) is 50.4 Å². The maximum Gasteiger partial charge on any atom is 0.325 e. The van der Waals surface area contributed by atoms with Gasteiger partial charge in [0.05, 0.1) is 19.1 Å². The molecule has 0 aromatic heterocycles. The number of carbonyl (C=O) groups excluding carboxylic acids is 4. The number of aliphatic carboxylic acids is 1. The molecule has 31 heavy (non-hydrogen) atoms. The molecule has 0 aliphatic carbocycles. The van der Waals surface area contributed by atoms with Crippen LogP contribution in [0.2, 0.25) is 0 Å². The van der Waals surface area contributed by atoms with Crippen molar-refractivity contribution in [3.05, 3.63) is 0 Å². The lowest BCUT2D eigenvalue weighted by molar-refractivity contribution is -0.142. The molecule has 0 radical (unpaired) electrons. The molecule has 0 aromatic rings. The number of hydrogen-bond acceptors (Lipinski definition) is 8. The zero-order chi connectivity index (χ0) is 24.1. The Kier molecular flexibility index (Phi) is 12.2. The third-order valence-electron chi connectivity index (χ3n) is 3.89. The molecule has 0 bridgehead atoms. The minimum Gasteiger partial charge on any atom is -0.480 e. The molecule has 0 aliphatic rings. The van der Waals surface area contributed by atoms with E-state index in [4.69, 9.17) is 28.0 Å². The van der Waals surface area contributed by atoms with Crippen LogP contribution in [0.5, 0.6) is 0 Å². The van der Waals surface area contributed by atoms with Gasteiger partial charge in [0, 0.05) is 6.54 Å². The Balaban J connectivity index is 5.03. The average molecular weight is 446 g/mol. The summed E-state index contributed by atoms with van der Waals surface area (Å²) in [7, 11) is 0. The summed E-state index contributed by atoms with van der Waals surface area (Å²) in [4.78, 5) is 62.5. The number of aliphatic hydroxyl groups is 1. The third kappa shape index (κ3) is 11.3. The molecule has 0 spiro atoms. The van der Waals surface area contributed by atoms with Crippen LogP contribution in [0.15, 0.2) is 4.99 Å². The van der Waals surface area contributed by atoms with E-state index < -0.39 is 66.8 Å². The van der Waals surface area contributed by atoms with Crippen LogP contribution in [0.25, 0.3) is 0 Å². The SMILES string of the molecule is CC(NC(=O)C(CO)NC(=O)C(CC(N)=O)NC(=O)C(N)CCCN=C(N)N)C(=O)O. The second-order valence-electron chi connectivity index (χ2n) is 6.60. The number of amides is 4. The van der Waals surface area contributed by atoms with Gasteiger partial charge in [-0.25, -0.2) is 0 Å². The van der Waals surface area contributed by atoms with Crippen LogP contribution in [-0.2, 0) is 24.0 Å². The first-order valence-electron chi connectivity index (χ1n) is 9.23. The van der Waals surface area contributed by atoms with Crippen molar-refractivity contribution >= 4 is 35.6 Å². The van der Waals surface area contributed by atoms with Gasteiger partial charge in [-0.3, -0.25) is 29.0 Å². The lowest BCUT2D eigenvalue weighted by Crippen LogP contribution is -2.58. The number of carboxylic acids is 1. The Hall–Kier alpha value is -3.46. The molecule has 0 aliphatic heterocycles. The van der Waals surface area contributed by atoms with Crippen LogP contribution < -0.4 is 38.9 Å². The highest BCUT2D eigenvalue weighted by Gasteiger charge is 2.29. The monoisotopic (exact) mass is 446 g/mol. The quantitative estimate of drug-likeness (QED) is 0.0694. The molecule has 0 rings (SSSR count). The van der Waals surface area contributed by atoms with Crippen molar-refractivity contribution in [3.63, 3.8) is 0 Å². The maximum atomic E-state index is 12.4. The van der Waals surface area contributed by atoms with Gasteiger partial charge in [0.25, 0.3) is 0 Å². The van der Waals surface area contributed by atoms with Crippen molar-refractivity contribution < 1.29 is 34.2 Å². The Morgan fingerprint density at radius 3 is 1.97 bits per heavy atom. The Morgan fingerprint density at radius 2 is 1.48 bits per heavy atom. The molecule has 0 heterocycles. The van der Waals surface area contributed by atoms with E-state index >= 15 is 0 Å². The van der Waals surface area contributed by atoms with Gasteiger partial charge in [-0.2, -0.15) is 0 Å². The van der Waals surface area contributed by atoms with Crippen LogP contribution >= 0.6 is 0 Å². The highest BCUT2D eigenvalue weighted by molar-refractivity contribution is 5.96. The minimum absolute atomic E-state index is 0.114. The van der Waals surface area contributed by atoms with Crippen LogP contribution in [-0.4, -0.2) is 83.1 Å². The van der Waals surface area contributed by atoms with E-state index in [0.717, 1.165) is 0 Å². The number of nitrogens with two attached hydrogens (primary N) is 4. The largest absolute Gasteiger partial charge is 0.480 e. The number of guanidine groups is 1. The molecular weight excluding hydrogens is 416 g/mol. The fraction of sp³-hybridized carbons (Fsp3) is 0.625. The Morgan fingerprint density at radius 1 is 0.935 bits per heavy atom. The molecule has 15 nitrogen and oxygen atoms in total. The Labute approximate surface area is 178 Å². The fourth-order valence-electron chi connectivity index (χ4n) is 2.18. The maximum absolute atomic E-state index is 12.4. The summed E-state index contributed by atoms with van der Waals surface area (Å²) in [5.74, 6) is -5.12. The smallest absolute Gasteiger partial charge is 0.325 e. The number of aliphatic hydroxyl groups excluding tert-OH is 1. The molecule has 0 fully saturated rings. The lowest BCUT2D eigenvalue weighted by atomic mass is 10.1. The molecular formula is C16H30N8O7. The van der Waals surface area contributed by atoms with E-state index in [1.165, 1.54) is 6.92 Å². The summed E-state index contributed by atoms with van der Waals surface area (Å²) >= 11 is 0. The predicted molar refractivity (Wildman–Crippen MR) is 108 cm³/mol. The standard InChI is InChI=1S/C16H30N8O7/c1-7(15(30)31)22-14(29)10(6-25)24-13(28)9(5-11(18)26)23-12(27)8(17)3-2-4-21-16(19)20/h7-10,25H,2-6,17H2,1H3,(H2,18,26)(H,22,29)(H,23,27)(H,24,28)(H,30,31)(H4,19,20,21). The van der Waals surface area contributed by atoms with Gasteiger partial charge in [0.2, 0.25) is 23.6 Å². The van der Waals surface area contributed by atoms with Crippen LogP contribution in [0.4, 0.5) is 0 Å². The first kappa shape index (κ1) is 27.5. The van der Waals surface area contributed by atoms with Gasteiger partial charge in [-0.15, -0.1) is 0 Å². The van der Waals surface area contributed by atoms with E-state index in [0.29, 0.717) is 6.42 Å². The van der Waals surface area contributed by atoms with E-state index in [1.807, 2.05) is 0 Å². The molecule has 15 heteroatoms. The average Bonchev–Trinajstić information content (AvgIpc) is 2.67. The van der Waals surface area contributed by atoms with Crippen molar-refractivity contribution in [1.82, 2.24) is 16.0 Å². The van der Waals surface area contributed by atoms with Crippen LogP contribution in [0, 0.1) is 0 Å². The number of aliphatic imine (C=N–C) groups is 1. The third-order valence-corrected chi connectivity index (χ3v) is 3.89. The summed E-state index contributed by atoms with van der Waals surface area (Å²) in [5, 5.41) is 24.6. The van der Waals surface area contributed by atoms with Gasteiger partial charge in [-0.05, 0) is 19.8 Å². The number of nitrogens with one attached hydrogen (secondary N) is 3. The van der Waals surface area contributed by atoms with Crippen LogP contribution in [0.3, 0.4) is 0 Å². The summed E-state index contributed by atoms with van der Waals surface area (Å²) in [5.41, 5.74) is 21.2. The van der Waals surface area contributed by atoms with E-state index in [9.17, 15) is 29.1 Å². The highest BCUT2D eigenvalue weighted by atomic mass is 16.4. The van der Waals surface area contributed by atoms with E-state index in [-0.39, 0.29) is 18.9 Å². The highest BCUT2D eigenvalue weighted by Crippen LogP contribution is 2.00. The van der Waals surface area contributed by atoms with Gasteiger partial charge in [-0.1, -0.05) is 0 Å². The second-order valence-corrected chi connectivity index (χ2v) is 6.60. The predicted octanol–water partition coefficient (Wildman–Crippen LogP) is -5.21. The summed E-state index contributed by atoms with van der Waals surface area (Å²) in [6.45, 7) is 0.545. The molecule has 4 amide bonds. The molecule has 13 N–H and O–H groups in total. The molecule has 0 saturated heterocycles. The van der Waals surface area contributed by atoms with Gasteiger partial charge >= 0.3 is 5.97 Å². The molecule has 0 saturated carbocycles. The van der Waals surface area contributed by atoms with Crippen molar-refractivity contribution in [3.8, 4) is 0 Å². The van der Waals surface area contributed by atoms with Crippen molar-refractivity contribution in [2.24, 2.45) is 27.9 Å². The van der Waals surface area contributed by atoms with Gasteiger partial charge in [0.1, 0.15) is 18.1 Å². The number of carboxylic acid groups (broad SMARTS) is 1. The topological polar surface area (TPSA) is 278 Å². The first-order chi connectivity index (χ1) is 14.4. The number of rotatable bonds is 14. The number of nitrogens with zero attached hydrogens (tertiary/aromatic N) is 1. The molecule has 0 aromatic carbocycles. The number of carbonyl (C=O) groups is 5. The van der Waals surface area contributed by atoms with Crippen molar-refractivity contribution in [2.75, 3.05) is 13.2 Å². The Bertz CT molecular complexity index is 695. The van der Waals surface area contributed by atoms with Gasteiger partial charge < -0.3 is 49.1 Å². The molecule has 4 unspecified atom stereocenters. The van der Waals surface area contributed by atoms with Crippen molar-refractivity contribution in [1.29, 1.82) is 0 Å². The summed E-state index contributed by atoms with van der Waals surface area (Å²) in [6, 6.07) is -5.34. The van der Waals surface area contributed by atoms with E-state index in [1.54, 1.807) is 0 Å². The minimum atomic E-state index is -1.53. The lowest BCUT2D eigenvalue weighted by Gasteiger charge is -2.23.